The molecule has 0 unspecified atom stereocenters. The maximum atomic E-state index is 13.8. The van der Waals surface area contributed by atoms with Crippen molar-refractivity contribution in [1.29, 1.82) is 0 Å². The van der Waals surface area contributed by atoms with E-state index in [1.165, 1.54) is 19.2 Å². The molecule has 1 heterocycles. The lowest BCUT2D eigenvalue weighted by molar-refractivity contribution is 0.187. The third-order valence-corrected chi connectivity index (χ3v) is 4.02. The lowest BCUT2D eigenvalue weighted by Gasteiger charge is -2.08. The number of amides is 1. The Morgan fingerprint density at radius 2 is 2.24 bits per heavy atom. The number of carbonyl (C=O) groups is 1. The standard InChI is InChI=1S/C12H9Cl2FN2O3S/c1-19-12(18)16-6-2-3-8(7(15)4-6)20-5-9-17-10(13)11(14)21-9/h2-4H,5H2,1H3,(H,16,18). The van der Waals surface area contributed by atoms with Crippen LogP contribution in [0.3, 0.4) is 0 Å². The van der Waals surface area contributed by atoms with Crippen molar-refractivity contribution < 1.29 is 18.7 Å². The summed E-state index contributed by atoms with van der Waals surface area (Å²) in [7, 11) is 1.22. The number of nitrogens with zero attached hydrogens (tertiary/aromatic N) is 1. The Balaban J connectivity index is 2.02. The molecule has 1 amide bonds. The molecule has 9 heteroatoms. The van der Waals surface area contributed by atoms with Crippen molar-refractivity contribution in [3.8, 4) is 5.75 Å². The molecule has 0 atom stereocenters. The summed E-state index contributed by atoms with van der Waals surface area (Å²) in [6.45, 7) is 0.0395. The van der Waals surface area contributed by atoms with Gasteiger partial charge in [0.05, 0.1) is 7.11 Å². The van der Waals surface area contributed by atoms with Crippen LogP contribution in [0.2, 0.25) is 9.49 Å². The highest BCUT2D eigenvalue weighted by Gasteiger charge is 2.10. The minimum absolute atomic E-state index is 0.0212. The third-order valence-electron chi connectivity index (χ3n) is 2.31. The molecule has 0 spiro atoms. The molecule has 0 fully saturated rings. The van der Waals surface area contributed by atoms with Gasteiger partial charge in [-0.25, -0.2) is 14.2 Å². The quantitative estimate of drug-likeness (QED) is 0.890. The summed E-state index contributed by atoms with van der Waals surface area (Å²) in [5.74, 6) is -0.606. The van der Waals surface area contributed by atoms with Crippen LogP contribution in [-0.4, -0.2) is 18.2 Å². The Kier molecular flexibility index (Phi) is 5.22. The van der Waals surface area contributed by atoms with Crippen LogP contribution in [0, 0.1) is 5.82 Å². The number of methoxy groups -OCH3 is 1. The second kappa shape index (κ2) is 6.93. The molecule has 0 aliphatic carbocycles. The van der Waals surface area contributed by atoms with Gasteiger partial charge >= 0.3 is 6.09 Å². The van der Waals surface area contributed by atoms with E-state index in [4.69, 9.17) is 27.9 Å². The molecule has 0 saturated carbocycles. The number of aromatic nitrogens is 1. The normalized spacial score (nSPS) is 10.3. The van der Waals surface area contributed by atoms with E-state index in [0.29, 0.717) is 9.34 Å². The first-order chi connectivity index (χ1) is 9.99. The molecule has 1 aromatic carbocycles. The van der Waals surface area contributed by atoms with Gasteiger partial charge in [0, 0.05) is 11.8 Å². The van der Waals surface area contributed by atoms with Gasteiger partial charge < -0.3 is 9.47 Å². The van der Waals surface area contributed by atoms with E-state index in [2.05, 4.69) is 15.0 Å². The SMILES string of the molecule is COC(=O)Nc1ccc(OCc2nc(Cl)c(Cl)s2)c(F)c1. The van der Waals surface area contributed by atoms with Gasteiger partial charge in [0.15, 0.2) is 16.7 Å². The highest BCUT2D eigenvalue weighted by Crippen LogP contribution is 2.29. The largest absolute Gasteiger partial charge is 0.483 e. The molecule has 0 radical (unpaired) electrons. The zero-order chi connectivity index (χ0) is 15.4. The number of hydrogen-bond donors (Lipinski definition) is 1. The van der Waals surface area contributed by atoms with Gasteiger partial charge in [0.1, 0.15) is 16.0 Å². The van der Waals surface area contributed by atoms with E-state index in [1.807, 2.05) is 0 Å². The second-order valence-corrected chi connectivity index (χ2v) is 5.77. The Labute approximate surface area is 133 Å². The Hall–Kier alpha value is -1.57. The third kappa shape index (κ3) is 4.20. The van der Waals surface area contributed by atoms with Crippen LogP contribution in [-0.2, 0) is 11.3 Å². The topological polar surface area (TPSA) is 60.5 Å². The van der Waals surface area contributed by atoms with Crippen LogP contribution in [0.4, 0.5) is 14.9 Å². The summed E-state index contributed by atoms with van der Waals surface area (Å²) in [5, 5.41) is 3.06. The average Bonchev–Trinajstić information content (AvgIpc) is 2.76. The van der Waals surface area contributed by atoms with Crippen LogP contribution in [0.5, 0.6) is 5.75 Å². The van der Waals surface area contributed by atoms with Crippen LogP contribution in [0.1, 0.15) is 5.01 Å². The predicted octanol–water partition coefficient (Wildman–Crippen LogP) is 4.35. The molecule has 0 aliphatic heterocycles. The number of benzene rings is 1. The van der Waals surface area contributed by atoms with Crippen LogP contribution in [0.15, 0.2) is 18.2 Å². The molecular formula is C12H9Cl2FN2O3S. The number of thiazole rings is 1. The average molecular weight is 351 g/mol. The van der Waals surface area contributed by atoms with E-state index in [-0.39, 0.29) is 23.2 Å². The molecule has 2 aromatic rings. The van der Waals surface area contributed by atoms with Crippen molar-refractivity contribution in [1.82, 2.24) is 4.98 Å². The van der Waals surface area contributed by atoms with Gasteiger partial charge in [0.25, 0.3) is 0 Å². The fourth-order valence-corrected chi connectivity index (χ4v) is 2.56. The Morgan fingerprint density at radius 3 is 2.81 bits per heavy atom. The van der Waals surface area contributed by atoms with Crippen molar-refractivity contribution in [2.75, 3.05) is 12.4 Å². The molecule has 2 rings (SSSR count). The predicted molar refractivity (Wildman–Crippen MR) is 78.9 cm³/mol. The summed E-state index contributed by atoms with van der Waals surface area (Å²) in [6, 6.07) is 3.99. The Bertz CT molecular complexity index is 646. The van der Waals surface area contributed by atoms with Gasteiger partial charge in [-0.05, 0) is 12.1 Å². The number of carbonyl (C=O) groups excluding carboxylic acids is 1. The number of ether oxygens (including phenoxy) is 2. The molecule has 0 aliphatic rings. The highest BCUT2D eigenvalue weighted by molar-refractivity contribution is 7.16. The zero-order valence-electron chi connectivity index (χ0n) is 10.7. The number of nitrogens with one attached hydrogen (secondary N) is 1. The first kappa shape index (κ1) is 15.8. The molecule has 1 aromatic heterocycles. The second-order valence-electron chi connectivity index (χ2n) is 3.72. The van der Waals surface area contributed by atoms with Crippen LogP contribution >= 0.6 is 34.5 Å². The van der Waals surface area contributed by atoms with Gasteiger partial charge in [-0.3, -0.25) is 5.32 Å². The maximum Gasteiger partial charge on any atom is 0.411 e. The van der Waals surface area contributed by atoms with Crippen LogP contribution in [0.25, 0.3) is 0 Å². The summed E-state index contributed by atoms with van der Waals surface area (Å²) in [5.41, 5.74) is 0.257. The van der Waals surface area contributed by atoms with Crippen molar-refractivity contribution in [2.24, 2.45) is 0 Å². The lowest BCUT2D eigenvalue weighted by Crippen LogP contribution is -2.11. The summed E-state index contributed by atoms with van der Waals surface area (Å²) < 4.78 is 23.9. The number of anilines is 1. The van der Waals surface area contributed by atoms with Gasteiger partial charge in [-0.1, -0.05) is 23.2 Å². The molecule has 5 nitrogen and oxygen atoms in total. The first-order valence-electron chi connectivity index (χ1n) is 5.57. The van der Waals surface area contributed by atoms with E-state index >= 15 is 0 Å². The minimum atomic E-state index is -0.685. The van der Waals surface area contributed by atoms with Crippen molar-refractivity contribution >= 4 is 46.3 Å². The summed E-state index contributed by atoms with van der Waals surface area (Å²) >= 11 is 12.6. The van der Waals surface area contributed by atoms with E-state index < -0.39 is 11.9 Å². The molecule has 1 N–H and O–H groups in total. The lowest BCUT2D eigenvalue weighted by atomic mass is 10.3. The number of halogens is 3. The number of hydrogen-bond acceptors (Lipinski definition) is 5. The minimum Gasteiger partial charge on any atom is -0.483 e. The van der Waals surface area contributed by atoms with Crippen molar-refractivity contribution in [3.63, 3.8) is 0 Å². The highest BCUT2D eigenvalue weighted by atomic mass is 35.5. The molecule has 112 valence electrons. The van der Waals surface area contributed by atoms with E-state index in [9.17, 15) is 9.18 Å². The van der Waals surface area contributed by atoms with E-state index in [0.717, 1.165) is 17.4 Å². The van der Waals surface area contributed by atoms with Crippen LogP contribution < -0.4 is 10.1 Å². The number of rotatable bonds is 4. The van der Waals surface area contributed by atoms with E-state index in [1.54, 1.807) is 0 Å². The summed E-state index contributed by atoms with van der Waals surface area (Å²) in [4.78, 5) is 15.0. The van der Waals surface area contributed by atoms with Gasteiger partial charge in [0.2, 0.25) is 0 Å². The Morgan fingerprint density at radius 1 is 1.48 bits per heavy atom. The molecule has 0 bridgehead atoms. The smallest absolute Gasteiger partial charge is 0.411 e. The molecule has 21 heavy (non-hydrogen) atoms. The fraction of sp³-hybridized carbons (Fsp3) is 0.167. The van der Waals surface area contributed by atoms with Crippen molar-refractivity contribution in [3.05, 3.63) is 38.5 Å². The zero-order valence-corrected chi connectivity index (χ0v) is 13.0. The first-order valence-corrected chi connectivity index (χ1v) is 7.15. The van der Waals surface area contributed by atoms with Gasteiger partial charge in [-0.15, -0.1) is 11.3 Å². The maximum absolute atomic E-state index is 13.8. The fourth-order valence-electron chi connectivity index (χ4n) is 1.39. The summed E-state index contributed by atoms with van der Waals surface area (Å²) in [6.07, 6.45) is -0.685. The monoisotopic (exact) mass is 350 g/mol. The van der Waals surface area contributed by atoms with Crippen molar-refractivity contribution in [2.45, 2.75) is 6.61 Å². The van der Waals surface area contributed by atoms with Gasteiger partial charge in [-0.2, -0.15) is 0 Å². The molecular weight excluding hydrogens is 342 g/mol. The molecule has 0 saturated heterocycles.